The second-order valence-corrected chi connectivity index (χ2v) is 6.39. The summed E-state index contributed by atoms with van der Waals surface area (Å²) in [6.07, 6.45) is 0. The Morgan fingerprint density at radius 1 is 1.00 bits per heavy atom. The van der Waals surface area contributed by atoms with E-state index in [1.54, 1.807) is 0 Å². The van der Waals surface area contributed by atoms with Crippen molar-refractivity contribution in [3.05, 3.63) is 29.8 Å². The summed E-state index contributed by atoms with van der Waals surface area (Å²) in [4.78, 5) is 34.7. The molecule has 1 aromatic carbocycles. The molecule has 0 saturated carbocycles. The Hall–Kier alpha value is -2.02. The lowest BCUT2D eigenvalue weighted by Gasteiger charge is -2.09. The van der Waals surface area contributed by atoms with E-state index in [2.05, 4.69) is 16.0 Å². The zero-order chi connectivity index (χ0) is 17.2. The number of amides is 3. The zero-order valence-corrected chi connectivity index (χ0v) is 14.5. The Balaban J connectivity index is 2.17. The number of anilines is 1. The molecule has 1 aromatic rings. The van der Waals surface area contributed by atoms with Gasteiger partial charge in [0.05, 0.1) is 18.1 Å². The van der Waals surface area contributed by atoms with Gasteiger partial charge in [0, 0.05) is 11.7 Å². The molecule has 126 valence electrons. The first-order valence-electron chi connectivity index (χ1n) is 7.37. The predicted octanol–water partition coefficient (Wildman–Crippen LogP) is 1.31. The van der Waals surface area contributed by atoms with Gasteiger partial charge in [-0.1, -0.05) is 17.7 Å². The van der Waals surface area contributed by atoms with E-state index in [0.717, 1.165) is 11.3 Å². The molecule has 0 unspecified atom stereocenters. The van der Waals surface area contributed by atoms with Crippen molar-refractivity contribution in [2.75, 3.05) is 23.4 Å². The van der Waals surface area contributed by atoms with Crippen molar-refractivity contribution in [1.82, 2.24) is 10.6 Å². The molecule has 7 heteroatoms. The Bertz CT molecular complexity index is 544. The third-order valence-electron chi connectivity index (χ3n) is 2.70. The van der Waals surface area contributed by atoms with Crippen LogP contribution in [-0.2, 0) is 14.4 Å². The van der Waals surface area contributed by atoms with Gasteiger partial charge < -0.3 is 16.0 Å². The van der Waals surface area contributed by atoms with Crippen LogP contribution in [0.5, 0.6) is 0 Å². The molecule has 0 saturated heterocycles. The molecule has 0 aliphatic rings. The molecule has 3 amide bonds. The van der Waals surface area contributed by atoms with Gasteiger partial charge in [0.1, 0.15) is 0 Å². The second-order valence-electron chi connectivity index (χ2n) is 5.41. The van der Waals surface area contributed by atoms with Crippen LogP contribution in [0.15, 0.2) is 24.3 Å². The SMILES string of the molecule is Cc1ccc(NC(=O)CSCC(=O)NCC(=O)NC(C)C)cc1. The highest BCUT2D eigenvalue weighted by atomic mass is 32.2. The van der Waals surface area contributed by atoms with Gasteiger partial charge in [-0.25, -0.2) is 0 Å². The Morgan fingerprint density at radius 2 is 1.61 bits per heavy atom. The van der Waals surface area contributed by atoms with Crippen molar-refractivity contribution in [2.45, 2.75) is 26.8 Å². The van der Waals surface area contributed by atoms with Crippen molar-refractivity contribution < 1.29 is 14.4 Å². The van der Waals surface area contributed by atoms with E-state index in [-0.39, 0.29) is 41.8 Å². The van der Waals surface area contributed by atoms with E-state index in [1.165, 1.54) is 11.8 Å². The molecule has 0 aromatic heterocycles. The van der Waals surface area contributed by atoms with Gasteiger partial charge >= 0.3 is 0 Å². The largest absolute Gasteiger partial charge is 0.352 e. The summed E-state index contributed by atoms with van der Waals surface area (Å²) >= 11 is 1.20. The van der Waals surface area contributed by atoms with Crippen LogP contribution >= 0.6 is 11.8 Å². The van der Waals surface area contributed by atoms with Crippen molar-refractivity contribution >= 4 is 35.2 Å². The summed E-state index contributed by atoms with van der Waals surface area (Å²) < 4.78 is 0. The number of aryl methyl sites for hydroxylation is 1. The zero-order valence-electron chi connectivity index (χ0n) is 13.6. The minimum absolute atomic E-state index is 0.0410. The Labute approximate surface area is 140 Å². The van der Waals surface area contributed by atoms with E-state index in [1.807, 2.05) is 45.0 Å². The molecular weight excluding hydrogens is 314 g/mol. The normalized spacial score (nSPS) is 10.3. The number of hydrogen-bond donors (Lipinski definition) is 3. The molecule has 0 aliphatic carbocycles. The summed E-state index contributed by atoms with van der Waals surface area (Å²) in [6, 6.07) is 7.53. The third-order valence-corrected chi connectivity index (χ3v) is 3.63. The number of carbonyl (C=O) groups excluding carboxylic acids is 3. The maximum Gasteiger partial charge on any atom is 0.239 e. The molecule has 23 heavy (non-hydrogen) atoms. The average molecular weight is 337 g/mol. The molecule has 0 aliphatic heterocycles. The highest BCUT2D eigenvalue weighted by Gasteiger charge is 2.08. The maximum absolute atomic E-state index is 11.7. The first-order valence-corrected chi connectivity index (χ1v) is 8.52. The standard InChI is InChI=1S/C16H23N3O3S/c1-11(2)18-14(20)8-17-15(21)9-23-10-16(22)19-13-6-4-12(3)5-7-13/h4-7,11H,8-10H2,1-3H3,(H,17,21)(H,18,20)(H,19,22). The monoisotopic (exact) mass is 337 g/mol. The van der Waals surface area contributed by atoms with Crippen molar-refractivity contribution in [3.63, 3.8) is 0 Å². The minimum Gasteiger partial charge on any atom is -0.352 e. The first kappa shape index (κ1) is 19.0. The third kappa shape index (κ3) is 8.87. The molecule has 0 spiro atoms. The molecule has 0 radical (unpaired) electrons. The Morgan fingerprint density at radius 3 is 2.22 bits per heavy atom. The Kier molecular flexibility index (Phi) is 8.18. The van der Waals surface area contributed by atoms with Crippen LogP contribution in [0.4, 0.5) is 5.69 Å². The quantitative estimate of drug-likeness (QED) is 0.667. The van der Waals surface area contributed by atoms with Gasteiger partial charge in [0.2, 0.25) is 17.7 Å². The van der Waals surface area contributed by atoms with Crippen molar-refractivity contribution in [1.29, 1.82) is 0 Å². The number of hydrogen-bond acceptors (Lipinski definition) is 4. The molecule has 0 atom stereocenters. The van der Waals surface area contributed by atoms with Crippen LogP contribution in [0.1, 0.15) is 19.4 Å². The topological polar surface area (TPSA) is 87.3 Å². The van der Waals surface area contributed by atoms with Gasteiger partial charge in [-0.2, -0.15) is 0 Å². The molecule has 6 nitrogen and oxygen atoms in total. The number of nitrogens with one attached hydrogen (secondary N) is 3. The van der Waals surface area contributed by atoms with Crippen LogP contribution in [0.2, 0.25) is 0 Å². The molecular formula is C16H23N3O3S. The van der Waals surface area contributed by atoms with E-state index in [9.17, 15) is 14.4 Å². The van der Waals surface area contributed by atoms with E-state index in [4.69, 9.17) is 0 Å². The number of benzene rings is 1. The van der Waals surface area contributed by atoms with Crippen LogP contribution in [0.3, 0.4) is 0 Å². The summed E-state index contributed by atoms with van der Waals surface area (Å²) in [6.45, 7) is 5.62. The minimum atomic E-state index is -0.267. The highest BCUT2D eigenvalue weighted by Crippen LogP contribution is 2.09. The van der Waals surface area contributed by atoms with E-state index in [0.29, 0.717) is 0 Å². The van der Waals surface area contributed by atoms with Gasteiger partial charge in [-0.15, -0.1) is 11.8 Å². The van der Waals surface area contributed by atoms with Crippen LogP contribution in [-0.4, -0.2) is 41.8 Å². The van der Waals surface area contributed by atoms with Crippen LogP contribution in [0.25, 0.3) is 0 Å². The van der Waals surface area contributed by atoms with Gasteiger partial charge in [-0.05, 0) is 32.9 Å². The summed E-state index contributed by atoms with van der Waals surface area (Å²) in [5.74, 6) is -0.341. The molecule has 3 N–H and O–H groups in total. The summed E-state index contributed by atoms with van der Waals surface area (Å²) in [5.41, 5.74) is 1.85. The van der Waals surface area contributed by atoms with Crippen molar-refractivity contribution in [2.24, 2.45) is 0 Å². The van der Waals surface area contributed by atoms with Gasteiger partial charge in [0.15, 0.2) is 0 Å². The number of carbonyl (C=O) groups is 3. The van der Waals surface area contributed by atoms with E-state index >= 15 is 0 Å². The highest BCUT2D eigenvalue weighted by molar-refractivity contribution is 8.00. The fourth-order valence-electron chi connectivity index (χ4n) is 1.67. The second kappa shape index (κ2) is 9.89. The number of thioether (sulfide) groups is 1. The maximum atomic E-state index is 11.7. The molecule has 1 rings (SSSR count). The molecule has 0 fully saturated rings. The lowest BCUT2D eigenvalue weighted by Crippen LogP contribution is -2.40. The van der Waals surface area contributed by atoms with Crippen LogP contribution < -0.4 is 16.0 Å². The van der Waals surface area contributed by atoms with Crippen molar-refractivity contribution in [3.8, 4) is 0 Å². The fourth-order valence-corrected chi connectivity index (χ4v) is 2.32. The van der Waals surface area contributed by atoms with E-state index < -0.39 is 0 Å². The first-order chi connectivity index (χ1) is 10.9. The predicted molar refractivity (Wildman–Crippen MR) is 93.4 cm³/mol. The summed E-state index contributed by atoms with van der Waals surface area (Å²) in [7, 11) is 0. The smallest absolute Gasteiger partial charge is 0.239 e. The van der Waals surface area contributed by atoms with Gasteiger partial charge in [0.25, 0.3) is 0 Å². The summed E-state index contributed by atoms with van der Waals surface area (Å²) in [5, 5.41) is 7.95. The van der Waals surface area contributed by atoms with Crippen LogP contribution in [0, 0.1) is 6.92 Å². The lowest BCUT2D eigenvalue weighted by atomic mass is 10.2. The average Bonchev–Trinajstić information content (AvgIpc) is 2.47. The number of rotatable bonds is 8. The molecule has 0 bridgehead atoms. The fraction of sp³-hybridized carbons (Fsp3) is 0.438. The lowest BCUT2D eigenvalue weighted by molar-refractivity contribution is -0.125. The molecule has 0 heterocycles. The van der Waals surface area contributed by atoms with Gasteiger partial charge in [-0.3, -0.25) is 14.4 Å².